The van der Waals surface area contributed by atoms with Crippen LogP contribution in [0.25, 0.3) is 0 Å². The molecule has 0 radical (unpaired) electrons. The second kappa shape index (κ2) is 5.47. The first-order chi connectivity index (χ1) is 9.25. The van der Waals surface area contributed by atoms with Crippen LogP contribution in [0.3, 0.4) is 0 Å². The molecule has 8 heteroatoms. The van der Waals surface area contributed by atoms with Crippen LogP contribution in [-0.2, 0) is 10.0 Å². The Morgan fingerprint density at radius 1 is 1.05 bits per heavy atom. The maximum Gasteiger partial charge on any atom is 0.238 e. The molecule has 0 amide bonds. The van der Waals surface area contributed by atoms with E-state index in [-0.39, 0.29) is 20.9 Å². The number of nitrogens with two attached hydrogens (primary N) is 1. The Hall–Kier alpha value is -1.51. The summed E-state index contributed by atoms with van der Waals surface area (Å²) in [7, 11) is -3.83. The van der Waals surface area contributed by atoms with Crippen LogP contribution in [0.4, 0.5) is 8.78 Å². The van der Waals surface area contributed by atoms with Gasteiger partial charge in [0, 0.05) is 18.2 Å². The molecule has 0 aliphatic rings. The van der Waals surface area contributed by atoms with Crippen LogP contribution in [0.2, 0.25) is 0 Å². The fraction of sp³-hybridized carbons (Fsp3) is 0. The summed E-state index contributed by atoms with van der Waals surface area (Å²) in [6.07, 6.45) is 0. The Morgan fingerprint density at radius 2 is 1.65 bits per heavy atom. The second-order valence-electron chi connectivity index (χ2n) is 3.84. The average Bonchev–Trinajstić information content (AvgIpc) is 2.29. The molecular weight excluding hydrogens is 356 g/mol. The summed E-state index contributed by atoms with van der Waals surface area (Å²) in [5.41, 5.74) is 0. The summed E-state index contributed by atoms with van der Waals surface area (Å²) in [6.45, 7) is 0. The number of benzene rings is 2. The van der Waals surface area contributed by atoms with E-state index in [0.717, 1.165) is 12.1 Å². The zero-order valence-electron chi connectivity index (χ0n) is 9.81. The van der Waals surface area contributed by atoms with Crippen molar-refractivity contribution in [1.82, 2.24) is 0 Å². The highest BCUT2D eigenvalue weighted by molar-refractivity contribution is 9.10. The van der Waals surface area contributed by atoms with Crippen LogP contribution in [0.15, 0.2) is 45.8 Å². The lowest BCUT2D eigenvalue weighted by Gasteiger charge is -2.09. The molecule has 2 aromatic carbocycles. The molecule has 0 atom stereocenters. The fourth-order valence-electron chi connectivity index (χ4n) is 1.46. The number of sulfonamides is 1. The normalized spacial score (nSPS) is 11.4. The van der Waals surface area contributed by atoms with Crippen molar-refractivity contribution in [3.05, 3.63) is 52.5 Å². The number of rotatable bonds is 3. The number of primary sulfonamides is 1. The largest absolute Gasteiger partial charge is 0.456 e. The van der Waals surface area contributed by atoms with Crippen molar-refractivity contribution in [2.45, 2.75) is 4.90 Å². The zero-order valence-corrected chi connectivity index (χ0v) is 12.2. The minimum atomic E-state index is -3.83. The summed E-state index contributed by atoms with van der Waals surface area (Å²) in [5, 5.41) is 4.98. The van der Waals surface area contributed by atoms with Crippen molar-refractivity contribution in [3.8, 4) is 11.5 Å². The van der Waals surface area contributed by atoms with Gasteiger partial charge in [0.15, 0.2) is 0 Å². The monoisotopic (exact) mass is 363 g/mol. The van der Waals surface area contributed by atoms with E-state index in [9.17, 15) is 17.2 Å². The van der Waals surface area contributed by atoms with Crippen LogP contribution >= 0.6 is 15.9 Å². The predicted octanol–water partition coefficient (Wildman–Crippen LogP) is 3.17. The molecule has 0 aromatic heterocycles. The zero-order chi connectivity index (χ0) is 14.9. The number of hydrogen-bond acceptors (Lipinski definition) is 3. The highest BCUT2D eigenvalue weighted by Crippen LogP contribution is 2.32. The first-order valence-electron chi connectivity index (χ1n) is 5.22. The summed E-state index contributed by atoms with van der Waals surface area (Å²) < 4.78 is 53.9. The molecule has 2 N–H and O–H groups in total. The molecule has 0 saturated carbocycles. The molecular formula is C12H8BrF2NO3S. The molecule has 0 aliphatic heterocycles. The Labute approximate surface area is 122 Å². The lowest BCUT2D eigenvalue weighted by Crippen LogP contribution is -2.11. The summed E-state index contributed by atoms with van der Waals surface area (Å²) in [5.74, 6) is -1.41. The Balaban J connectivity index is 2.35. The minimum Gasteiger partial charge on any atom is -0.456 e. The van der Waals surface area contributed by atoms with Gasteiger partial charge in [0.25, 0.3) is 0 Å². The predicted molar refractivity (Wildman–Crippen MR) is 71.9 cm³/mol. The highest BCUT2D eigenvalue weighted by atomic mass is 79.9. The lowest BCUT2D eigenvalue weighted by atomic mass is 10.3. The third kappa shape index (κ3) is 3.53. The van der Waals surface area contributed by atoms with E-state index in [0.29, 0.717) is 6.07 Å². The van der Waals surface area contributed by atoms with E-state index in [1.807, 2.05) is 0 Å². The van der Waals surface area contributed by atoms with Crippen molar-refractivity contribution in [2.24, 2.45) is 5.14 Å². The number of hydrogen-bond donors (Lipinski definition) is 1. The molecule has 0 aliphatic carbocycles. The Bertz CT molecular complexity index is 745. The topological polar surface area (TPSA) is 69.4 Å². The number of halogens is 3. The Kier molecular flexibility index (Phi) is 4.07. The SMILES string of the molecule is NS(=O)(=O)c1ccc(Oc2cc(F)cc(F)c2)c(Br)c1. The van der Waals surface area contributed by atoms with Crippen molar-refractivity contribution in [2.75, 3.05) is 0 Å². The van der Waals surface area contributed by atoms with Crippen LogP contribution in [0.1, 0.15) is 0 Å². The van der Waals surface area contributed by atoms with E-state index >= 15 is 0 Å². The van der Waals surface area contributed by atoms with Crippen molar-refractivity contribution in [3.63, 3.8) is 0 Å². The maximum absolute atomic E-state index is 13.0. The van der Waals surface area contributed by atoms with Crippen LogP contribution in [-0.4, -0.2) is 8.42 Å². The van der Waals surface area contributed by atoms with Gasteiger partial charge in [-0.15, -0.1) is 0 Å². The second-order valence-corrected chi connectivity index (χ2v) is 6.26. The van der Waals surface area contributed by atoms with Gasteiger partial charge in [0.1, 0.15) is 23.1 Å². The van der Waals surface area contributed by atoms with Gasteiger partial charge in [0.2, 0.25) is 10.0 Å². The molecule has 2 rings (SSSR count). The van der Waals surface area contributed by atoms with Crippen LogP contribution in [0.5, 0.6) is 11.5 Å². The average molecular weight is 364 g/mol. The quantitative estimate of drug-likeness (QED) is 0.910. The van der Waals surface area contributed by atoms with E-state index in [2.05, 4.69) is 15.9 Å². The molecule has 0 fully saturated rings. The van der Waals surface area contributed by atoms with Gasteiger partial charge >= 0.3 is 0 Å². The van der Waals surface area contributed by atoms with Gasteiger partial charge in [0.05, 0.1) is 9.37 Å². The molecule has 0 bridgehead atoms. The van der Waals surface area contributed by atoms with Crippen molar-refractivity contribution < 1.29 is 21.9 Å². The number of ether oxygens (including phenoxy) is 1. The molecule has 20 heavy (non-hydrogen) atoms. The smallest absolute Gasteiger partial charge is 0.238 e. The lowest BCUT2D eigenvalue weighted by molar-refractivity contribution is 0.465. The van der Waals surface area contributed by atoms with Crippen LogP contribution < -0.4 is 9.88 Å². The van der Waals surface area contributed by atoms with E-state index < -0.39 is 21.7 Å². The minimum absolute atomic E-state index is 0.0495. The Morgan fingerprint density at radius 3 is 2.15 bits per heavy atom. The van der Waals surface area contributed by atoms with E-state index in [1.54, 1.807) is 0 Å². The van der Waals surface area contributed by atoms with Gasteiger partial charge < -0.3 is 4.74 Å². The third-order valence-corrected chi connectivity index (χ3v) is 3.83. The molecule has 0 spiro atoms. The first kappa shape index (κ1) is 14.9. The van der Waals surface area contributed by atoms with Crippen LogP contribution in [0, 0.1) is 11.6 Å². The molecule has 2 aromatic rings. The molecule has 0 heterocycles. The van der Waals surface area contributed by atoms with Crippen molar-refractivity contribution in [1.29, 1.82) is 0 Å². The van der Waals surface area contributed by atoms with E-state index in [4.69, 9.17) is 9.88 Å². The molecule has 0 saturated heterocycles. The van der Waals surface area contributed by atoms with Gasteiger partial charge in [-0.3, -0.25) is 0 Å². The molecule has 0 unspecified atom stereocenters. The van der Waals surface area contributed by atoms with Gasteiger partial charge in [-0.2, -0.15) is 0 Å². The summed E-state index contributed by atoms with van der Waals surface area (Å²) in [6, 6.07) is 6.51. The molecule has 106 valence electrons. The first-order valence-corrected chi connectivity index (χ1v) is 7.56. The highest BCUT2D eigenvalue weighted by Gasteiger charge is 2.12. The van der Waals surface area contributed by atoms with Gasteiger partial charge in [-0.05, 0) is 34.1 Å². The standard InChI is InChI=1S/C12H8BrF2NO3S/c13-11-6-10(20(16,17)18)1-2-12(11)19-9-4-7(14)3-8(15)5-9/h1-6H,(H2,16,17,18). The maximum atomic E-state index is 13.0. The van der Waals surface area contributed by atoms with Crippen molar-refractivity contribution >= 4 is 26.0 Å². The van der Waals surface area contributed by atoms with E-state index in [1.165, 1.54) is 18.2 Å². The summed E-state index contributed by atoms with van der Waals surface area (Å²) in [4.78, 5) is -0.109. The third-order valence-electron chi connectivity index (χ3n) is 2.30. The summed E-state index contributed by atoms with van der Waals surface area (Å²) >= 11 is 3.10. The fourth-order valence-corrected chi connectivity index (χ4v) is 2.61. The van der Waals surface area contributed by atoms with Gasteiger partial charge in [-0.25, -0.2) is 22.3 Å². The van der Waals surface area contributed by atoms with Gasteiger partial charge in [-0.1, -0.05) is 0 Å². The molecule has 4 nitrogen and oxygen atoms in total.